The van der Waals surface area contributed by atoms with E-state index in [1.54, 1.807) is 14.2 Å². The number of methoxy groups -OCH3 is 2. The minimum atomic E-state index is -0.0816. The molecule has 0 aliphatic carbocycles. The van der Waals surface area contributed by atoms with Crippen LogP contribution >= 0.6 is 0 Å². The van der Waals surface area contributed by atoms with Gasteiger partial charge in [-0.05, 0) is 69.9 Å². The number of aliphatic hydroxyl groups is 2. The summed E-state index contributed by atoms with van der Waals surface area (Å²) in [6.07, 6.45) is 0.974. The SMILES string of the molecule is CCN1CCc2c(c3cc(OC)c(CO)cc3c3cc(CO)c(OC)cc23)C1. The van der Waals surface area contributed by atoms with Crippen molar-refractivity contribution < 1.29 is 19.7 Å². The van der Waals surface area contributed by atoms with Crippen LogP contribution in [-0.2, 0) is 26.2 Å². The van der Waals surface area contributed by atoms with Crippen molar-refractivity contribution in [3.63, 3.8) is 0 Å². The Balaban J connectivity index is 2.15. The summed E-state index contributed by atoms with van der Waals surface area (Å²) >= 11 is 0. The molecule has 3 aromatic rings. The maximum Gasteiger partial charge on any atom is 0.125 e. The molecule has 0 unspecified atom stereocenters. The van der Waals surface area contributed by atoms with Crippen LogP contribution in [0.25, 0.3) is 21.5 Å². The molecule has 0 saturated heterocycles. The van der Waals surface area contributed by atoms with Crippen molar-refractivity contribution in [1.82, 2.24) is 4.90 Å². The zero-order chi connectivity index (χ0) is 19.8. The van der Waals surface area contributed by atoms with E-state index in [-0.39, 0.29) is 13.2 Å². The first-order chi connectivity index (χ1) is 13.6. The Hall–Kier alpha value is -2.34. The lowest BCUT2D eigenvalue weighted by molar-refractivity contribution is 0.269. The summed E-state index contributed by atoms with van der Waals surface area (Å²) in [4.78, 5) is 2.44. The summed E-state index contributed by atoms with van der Waals surface area (Å²) in [7, 11) is 3.28. The molecule has 0 amide bonds. The standard InChI is InChI=1S/C23H27NO4/c1-4-24-6-5-16-19-9-22(27-2)14(12-25)7-17(19)18-8-15(13-26)23(28-3)10-20(18)21(16)11-24/h7-10,25-26H,4-6,11-13H2,1-3H3. The van der Waals surface area contributed by atoms with Crippen molar-refractivity contribution in [3.8, 4) is 11.5 Å². The number of aliphatic hydroxyl groups excluding tert-OH is 2. The number of likely N-dealkylation sites (N-methyl/N-ethyl adjacent to an activating group) is 1. The number of ether oxygens (including phenoxy) is 2. The second-order valence-corrected chi connectivity index (χ2v) is 7.31. The molecule has 0 fully saturated rings. The first kappa shape index (κ1) is 19.0. The fourth-order valence-electron chi connectivity index (χ4n) is 4.46. The topological polar surface area (TPSA) is 62.2 Å². The van der Waals surface area contributed by atoms with Crippen LogP contribution < -0.4 is 9.47 Å². The molecule has 2 N–H and O–H groups in total. The van der Waals surface area contributed by atoms with Crippen molar-refractivity contribution in [3.05, 3.63) is 46.5 Å². The van der Waals surface area contributed by atoms with Crippen LogP contribution in [0, 0.1) is 0 Å². The third kappa shape index (κ3) is 2.91. The van der Waals surface area contributed by atoms with Gasteiger partial charge in [0, 0.05) is 24.2 Å². The van der Waals surface area contributed by atoms with Gasteiger partial charge in [-0.1, -0.05) is 6.92 Å². The van der Waals surface area contributed by atoms with Crippen molar-refractivity contribution in [2.75, 3.05) is 27.3 Å². The Morgan fingerprint density at radius 1 is 0.821 bits per heavy atom. The first-order valence-electron chi connectivity index (χ1n) is 9.74. The molecule has 5 heteroatoms. The van der Waals surface area contributed by atoms with Gasteiger partial charge in [0.15, 0.2) is 0 Å². The van der Waals surface area contributed by atoms with Gasteiger partial charge in [0.05, 0.1) is 27.4 Å². The molecule has 0 atom stereocenters. The normalized spacial score (nSPS) is 14.5. The van der Waals surface area contributed by atoms with Crippen LogP contribution in [-0.4, -0.2) is 42.4 Å². The van der Waals surface area contributed by atoms with E-state index in [1.807, 2.05) is 12.1 Å². The average Bonchev–Trinajstić information content (AvgIpc) is 2.76. The Labute approximate surface area is 165 Å². The highest BCUT2D eigenvalue weighted by molar-refractivity contribution is 6.12. The third-order valence-corrected chi connectivity index (χ3v) is 5.99. The maximum absolute atomic E-state index is 9.83. The van der Waals surface area contributed by atoms with E-state index in [0.717, 1.165) is 53.3 Å². The summed E-state index contributed by atoms with van der Waals surface area (Å²) in [6, 6.07) is 8.16. The number of nitrogens with zero attached hydrogens (tertiary/aromatic N) is 1. The van der Waals surface area contributed by atoms with Gasteiger partial charge in [0.25, 0.3) is 0 Å². The first-order valence-corrected chi connectivity index (χ1v) is 9.74. The zero-order valence-corrected chi connectivity index (χ0v) is 16.7. The van der Waals surface area contributed by atoms with Gasteiger partial charge >= 0.3 is 0 Å². The lowest BCUT2D eigenvalue weighted by Crippen LogP contribution is -2.30. The number of fused-ring (bicyclic) bond motifs is 6. The van der Waals surface area contributed by atoms with Crippen LogP contribution in [0.15, 0.2) is 24.3 Å². The van der Waals surface area contributed by atoms with Crippen molar-refractivity contribution >= 4 is 21.5 Å². The second kappa shape index (κ2) is 7.59. The molecule has 1 aliphatic rings. The van der Waals surface area contributed by atoms with E-state index < -0.39 is 0 Å². The molecule has 28 heavy (non-hydrogen) atoms. The van der Waals surface area contributed by atoms with Gasteiger partial charge < -0.3 is 19.7 Å². The quantitative estimate of drug-likeness (QED) is 0.664. The van der Waals surface area contributed by atoms with E-state index in [1.165, 1.54) is 16.5 Å². The highest BCUT2D eigenvalue weighted by Crippen LogP contribution is 2.41. The third-order valence-electron chi connectivity index (χ3n) is 5.99. The van der Waals surface area contributed by atoms with Crippen molar-refractivity contribution in [2.24, 2.45) is 0 Å². The zero-order valence-electron chi connectivity index (χ0n) is 16.7. The smallest absolute Gasteiger partial charge is 0.125 e. The fourth-order valence-corrected chi connectivity index (χ4v) is 4.46. The van der Waals surface area contributed by atoms with Gasteiger partial charge in [-0.2, -0.15) is 0 Å². The van der Waals surface area contributed by atoms with Crippen LogP contribution in [0.1, 0.15) is 29.2 Å². The van der Waals surface area contributed by atoms with Crippen molar-refractivity contribution in [2.45, 2.75) is 33.1 Å². The molecule has 0 radical (unpaired) electrons. The van der Waals surface area contributed by atoms with E-state index in [0.29, 0.717) is 11.5 Å². The summed E-state index contributed by atoms with van der Waals surface area (Å²) in [6.45, 7) is 4.96. The highest BCUT2D eigenvalue weighted by Gasteiger charge is 2.23. The van der Waals surface area contributed by atoms with Gasteiger partial charge in [-0.3, -0.25) is 4.90 Å². The predicted molar refractivity (Wildman–Crippen MR) is 111 cm³/mol. The number of rotatable bonds is 5. The predicted octanol–water partition coefficient (Wildman–Crippen LogP) is 3.37. The highest BCUT2D eigenvalue weighted by atomic mass is 16.5. The molecule has 0 aromatic heterocycles. The Bertz CT molecular complexity index is 1040. The molecule has 0 spiro atoms. The summed E-state index contributed by atoms with van der Waals surface area (Å²) in [5.41, 5.74) is 4.19. The number of hydrogen-bond acceptors (Lipinski definition) is 5. The number of hydrogen-bond donors (Lipinski definition) is 2. The molecule has 1 aliphatic heterocycles. The van der Waals surface area contributed by atoms with Gasteiger partial charge in [0.1, 0.15) is 11.5 Å². The van der Waals surface area contributed by atoms with Gasteiger partial charge in [-0.15, -0.1) is 0 Å². The van der Waals surface area contributed by atoms with E-state index in [4.69, 9.17) is 9.47 Å². The average molecular weight is 381 g/mol. The Morgan fingerprint density at radius 2 is 1.36 bits per heavy atom. The van der Waals surface area contributed by atoms with E-state index >= 15 is 0 Å². The molecule has 3 aromatic carbocycles. The Kier molecular flexibility index (Phi) is 5.15. The second-order valence-electron chi connectivity index (χ2n) is 7.31. The lowest BCUT2D eigenvalue weighted by atomic mass is 9.86. The molecule has 148 valence electrons. The molecule has 4 rings (SSSR count). The van der Waals surface area contributed by atoms with Crippen LogP contribution in [0.5, 0.6) is 11.5 Å². The maximum atomic E-state index is 9.83. The largest absolute Gasteiger partial charge is 0.496 e. The summed E-state index contributed by atoms with van der Waals surface area (Å²) in [5.74, 6) is 1.42. The minimum Gasteiger partial charge on any atom is -0.496 e. The molecule has 0 bridgehead atoms. The Morgan fingerprint density at radius 3 is 1.82 bits per heavy atom. The molecular formula is C23H27NO4. The van der Waals surface area contributed by atoms with Crippen molar-refractivity contribution in [1.29, 1.82) is 0 Å². The molecule has 1 heterocycles. The van der Waals surface area contributed by atoms with Crippen LogP contribution in [0.4, 0.5) is 0 Å². The minimum absolute atomic E-state index is 0.0791. The monoisotopic (exact) mass is 381 g/mol. The molecule has 0 saturated carbocycles. The van der Waals surface area contributed by atoms with Gasteiger partial charge in [-0.25, -0.2) is 0 Å². The van der Waals surface area contributed by atoms with Crippen LogP contribution in [0.3, 0.4) is 0 Å². The van der Waals surface area contributed by atoms with Crippen LogP contribution in [0.2, 0.25) is 0 Å². The summed E-state index contributed by atoms with van der Waals surface area (Å²) in [5, 5.41) is 24.1. The molecular weight excluding hydrogens is 354 g/mol. The van der Waals surface area contributed by atoms with E-state index in [2.05, 4.69) is 24.0 Å². The van der Waals surface area contributed by atoms with E-state index in [9.17, 15) is 10.2 Å². The van der Waals surface area contributed by atoms with Gasteiger partial charge in [0.2, 0.25) is 0 Å². The molecule has 5 nitrogen and oxygen atoms in total. The lowest BCUT2D eigenvalue weighted by Gasteiger charge is -2.30. The fraction of sp³-hybridized carbons (Fsp3) is 0.391. The number of benzene rings is 3. The summed E-state index contributed by atoms with van der Waals surface area (Å²) < 4.78 is 11.1.